The first kappa shape index (κ1) is 21.0. The molecule has 0 aliphatic rings. The second kappa shape index (κ2) is 12.6. The monoisotopic (exact) mass is 348 g/mol. The highest BCUT2D eigenvalue weighted by Crippen LogP contribution is 2.16. The van der Waals surface area contributed by atoms with E-state index in [2.05, 4.69) is 5.32 Å². The van der Waals surface area contributed by atoms with Crippen molar-refractivity contribution >= 4 is 29.9 Å². The highest BCUT2D eigenvalue weighted by atomic mass is 35.5. The van der Waals surface area contributed by atoms with Gasteiger partial charge in [-0.25, -0.2) is 0 Å². The van der Waals surface area contributed by atoms with Crippen LogP contribution in [0, 0.1) is 0 Å². The molecule has 0 fully saturated rings. The highest BCUT2D eigenvalue weighted by Gasteiger charge is 2.07. The molecule has 6 heteroatoms. The van der Waals surface area contributed by atoms with E-state index in [1.54, 1.807) is 12.1 Å². The quantitative estimate of drug-likeness (QED) is 0.635. The summed E-state index contributed by atoms with van der Waals surface area (Å²) >= 11 is 5.81. The molecule has 4 nitrogen and oxygen atoms in total. The van der Waals surface area contributed by atoms with Gasteiger partial charge in [-0.05, 0) is 50.6 Å². The molecule has 0 radical (unpaired) electrons. The maximum atomic E-state index is 11.7. The van der Waals surface area contributed by atoms with Crippen LogP contribution in [0.15, 0.2) is 24.3 Å². The van der Waals surface area contributed by atoms with Crippen LogP contribution >= 0.6 is 24.0 Å². The molecule has 1 atom stereocenters. The number of nitrogens with one attached hydrogen (secondary N) is 1. The van der Waals surface area contributed by atoms with Crippen LogP contribution in [0.5, 0.6) is 5.75 Å². The summed E-state index contributed by atoms with van der Waals surface area (Å²) in [7, 11) is 0. The summed E-state index contributed by atoms with van der Waals surface area (Å²) in [6.07, 6.45) is 4.60. The Morgan fingerprint density at radius 1 is 1.23 bits per heavy atom. The Bertz CT molecular complexity index is 413. The van der Waals surface area contributed by atoms with E-state index < -0.39 is 0 Å². The van der Waals surface area contributed by atoms with Gasteiger partial charge in [0.05, 0.1) is 6.54 Å². The second-order valence-corrected chi connectivity index (χ2v) is 5.58. The van der Waals surface area contributed by atoms with Crippen molar-refractivity contribution < 1.29 is 9.53 Å². The summed E-state index contributed by atoms with van der Waals surface area (Å²) in [5.41, 5.74) is 5.42. The van der Waals surface area contributed by atoms with Crippen LogP contribution in [-0.2, 0) is 4.79 Å². The van der Waals surface area contributed by atoms with Crippen molar-refractivity contribution in [2.24, 2.45) is 5.73 Å². The first-order valence-corrected chi connectivity index (χ1v) is 7.88. The summed E-state index contributed by atoms with van der Waals surface area (Å²) in [4.78, 5) is 11.7. The molecule has 0 aliphatic heterocycles. The van der Waals surface area contributed by atoms with E-state index in [4.69, 9.17) is 22.1 Å². The van der Waals surface area contributed by atoms with Crippen molar-refractivity contribution in [2.45, 2.75) is 45.1 Å². The Hall–Kier alpha value is -0.970. The van der Waals surface area contributed by atoms with Crippen molar-refractivity contribution in [3.05, 3.63) is 29.3 Å². The van der Waals surface area contributed by atoms with Gasteiger partial charge in [0.25, 0.3) is 0 Å². The van der Waals surface area contributed by atoms with Crippen LogP contribution in [0.1, 0.15) is 39.0 Å². The molecule has 0 spiro atoms. The predicted molar refractivity (Wildman–Crippen MR) is 93.9 cm³/mol. The number of carbonyl (C=O) groups is 1. The maximum absolute atomic E-state index is 11.7. The molecule has 0 saturated carbocycles. The predicted octanol–water partition coefficient (Wildman–Crippen LogP) is 3.55. The topological polar surface area (TPSA) is 64.4 Å². The van der Waals surface area contributed by atoms with Crippen molar-refractivity contribution in [1.29, 1.82) is 0 Å². The molecule has 126 valence electrons. The van der Waals surface area contributed by atoms with Crippen LogP contribution < -0.4 is 15.8 Å². The molecule has 1 unspecified atom stereocenters. The lowest BCUT2D eigenvalue weighted by Crippen LogP contribution is -2.33. The zero-order valence-corrected chi connectivity index (χ0v) is 14.6. The molecular formula is C16H26Cl2N2O2. The van der Waals surface area contributed by atoms with Crippen LogP contribution in [0.4, 0.5) is 0 Å². The van der Waals surface area contributed by atoms with Gasteiger partial charge in [0.2, 0.25) is 5.91 Å². The number of carbonyl (C=O) groups excluding carboxylic acids is 1. The number of ether oxygens (including phenoxy) is 1. The summed E-state index contributed by atoms with van der Waals surface area (Å²) in [6, 6.07) is 7.20. The van der Waals surface area contributed by atoms with E-state index in [1.807, 2.05) is 19.1 Å². The molecule has 22 heavy (non-hydrogen) atoms. The molecule has 1 rings (SSSR count). The number of hydrogen-bond donors (Lipinski definition) is 2. The number of nitrogens with two attached hydrogens (primary N) is 1. The molecule has 1 aromatic rings. The minimum atomic E-state index is -0.0765. The van der Waals surface area contributed by atoms with Gasteiger partial charge in [-0.2, -0.15) is 0 Å². The Balaban J connectivity index is 0.00000441. The van der Waals surface area contributed by atoms with Crippen LogP contribution in [-0.4, -0.2) is 25.1 Å². The first-order valence-electron chi connectivity index (χ1n) is 7.51. The third-order valence-electron chi connectivity index (χ3n) is 3.10. The fourth-order valence-electron chi connectivity index (χ4n) is 1.92. The molecule has 0 aromatic heterocycles. The van der Waals surface area contributed by atoms with Crippen molar-refractivity contribution in [2.75, 3.05) is 13.1 Å². The zero-order chi connectivity index (χ0) is 15.5. The molecule has 0 bridgehead atoms. The van der Waals surface area contributed by atoms with E-state index in [-0.39, 0.29) is 24.4 Å². The first-order chi connectivity index (χ1) is 10.1. The van der Waals surface area contributed by atoms with E-state index >= 15 is 0 Å². The number of rotatable bonds is 10. The summed E-state index contributed by atoms with van der Waals surface area (Å²) in [5, 5.41) is 3.57. The lowest BCUT2D eigenvalue weighted by atomic mass is 10.1. The highest BCUT2D eigenvalue weighted by molar-refractivity contribution is 6.30. The smallest absolute Gasteiger partial charge is 0.220 e. The number of unbranched alkanes of at least 4 members (excludes halogenated alkanes) is 3. The van der Waals surface area contributed by atoms with Gasteiger partial charge in [0, 0.05) is 11.4 Å². The Kier molecular flexibility index (Phi) is 12.0. The lowest BCUT2D eigenvalue weighted by molar-refractivity contribution is -0.121. The SMILES string of the molecule is CC(CNC(=O)CCCCCCN)Oc1ccc(Cl)cc1.Cl. The fourth-order valence-corrected chi connectivity index (χ4v) is 2.04. The summed E-state index contributed by atoms with van der Waals surface area (Å²) in [5.74, 6) is 0.831. The lowest BCUT2D eigenvalue weighted by Gasteiger charge is -2.15. The molecule has 0 aliphatic carbocycles. The van der Waals surface area contributed by atoms with Gasteiger partial charge in [-0.3, -0.25) is 4.79 Å². The van der Waals surface area contributed by atoms with Gasteiger partial charge in [-0.1, -0.05) is 24.4 Å². The Labute approximate surface area is 144 Å². The minimum Gasteiger partial charge on any atom is -0.489 e. The van der Waals surface area contributed by atoms with Gasteiger partial charge in [-0.15, -0.1) is 12.4 Å². The Morgan fingerprint density at radius 2 is 1.86 bits per heavy atom. The average Bonchev–Trinajstić information content (AvgIpc) is 2.47. The van der Waals surface area contributed by atoms with Gasteiger partial charge >= 0.3 is 0 Å². The fraction of sp³-hybridized carbons (Fsp3) is 0.562. The molecule has 0 heterocycles. The molecule has 0 saturated heterocycles. The normalized spacial score (nSPS) is 11.4. The molecule has 1 amide bonds. The van der Waals surface area contributed by atoms with Crippen LogP contribution in [0.25, 0.3) is 0 Å². The number of benzene rings is 1. The summed E-state index contributed by atoms with van der Waals surface area (Å²) < 4.78 is 5.69. The van der Waals surface area contributed by atoms with E-state index in [9.17, 15) is 4.79 Å². The molecule has 1 aromatic carbocycles. The zero-order valence-electron chi connectivity index (χ0n) is 13.0. The van der Waals surface area contributed by atoms with Gasteiger partial charge in [0.1, 0.15) is 11.9 Å². The Morgan fingerprint density at radius 3 is 2.50 bits per heavy atom. The molecular weight excluding hydrogens is 323 g/mol. The third-order valence-corrected chi connectivity index (χ3v) is 3.35. The maximum Gasteiger partial charge on any atom is 0.220 e. The summed E-state index contributed by atoms with van der Waals surface area (Å²) in [6.45, 7) is 3.16. The van der Waals surface area contributed by atoms with E-state index in [1.165, 1.54) is 0 Å². The van der Waals surface area contributed by atoms with Crippen LogP contribution in [0.2, 0.25) is 5.02 Å². The van der Waals surface area contributed by atoms with E-state index in [0.29, 0.717) is 18.0 Å². The number of amides is 1. The largest absolute Gasteiger partial charge is 0.489 e. The second-order valence-electron chi connectivity index (χ2n) is 5.14. The van der Waals surface area contributed by atoms with Crippen molar-refractivity contribution in [3.8, 4) is 5.75 Å². The molecule has 3 N–H and O–H groups in total. The number of hydrogen-bond acceptors (Lipinski definition) is 3. The van der Waals surface area contributed by atoms with Gasteiger partial charge in [0.15, 0.2) is 0 Å². The number of halogens is 2. The van der Waals surface area contributed by atoms with Crippen LogP contribution in [0.3, 0.4) is 0 Å². The third kappa shape index (κ3) is 9.87. The standard InChI is InChI=1S/C16H25ClN2O2.ClH/c1-13(21-15-9-7-14(17)8-10-15)12-19-16(20)6-4-2-3-5-11-18;/h7-10,13H,2-6,11-12,18H2,1H3,(H,19,20);1H. The average molecular weight is 349 g/mol. The van der Waals surface area contributed by atoms with Crippen molar-refractivity contribution in [1.82, 2.24) is 5.32 Å². The van der Waals surface area contributed by atoms with Gasteiger partial charge < -0.3 is 15.8 Å². The minimum absolute atomic E-state index is 0. The van der Waals surface area contributed by atoms with E-state index in [0.717, 1.165) is 38.0 Å². The van der Waals surface area contributed by atoms with Crippen molar-refractivity contribution in [3.63, 3.8) is 0 Å².